The van der Waals surface area contributed by atoms with Crippen molar-refractivity contribution in [2.45, 2.75) is 6.92 Å². The zero-order valence-corrected chi connectivity index (χ0v) is 9.55. The minimum absolute atomic E-state index is 0.0533. The minimum Gasteiger partial charge on any atom is -0.477 e. The molecule has 5 heteroatoms. The molecule has 0 bridgehead atoms. The lowest BCUT2D eigenvalue weighted by Gasteiger charge is -2.08. The number of hydrogen-bond donors (Lipinski definition) is 1. The SMILES string of the molecule is Cc1cccc(Oc2ccnc(C(=O)O)c2)c1F. The van der Waals surface area contributed by atoms with Crippen molar-refractivity contribution in [1.82, 2.24) is 4.98 Å². The van der Waals surface area contributed by atoms with Gasteiger partial charge in [0.15, 0.2) is 17.3 Å². The first-order valence-corrected chi connectivity index (χ1v) is 5.20. The van der Waals surface area contributed by atoms with Crippen molar-refractivity contribution in [3.63, 3.8) is 0 Å². The van der Waals surface area contributed by atoms with Gasteiger partial charge in [-0.2, -0.15) is 0 Å². The van der Waals surface area contributed by atoms with Crippen LogP contribution in [-0.4, -0.2) is 16.1 Å². The quantitative estimate of drug-likeness (QED) is 0.905. The van der Waals surface area contributed by atoms with E-state index in [1.165, 1.54) is 24.4 Å². The molecule has 0 radical (unpaired) electrons. The molecule has 0 amide bonds. The first-order chi connectivity index (χ1) is 8.58. The topological polar surface area (TPSA) is 59.4 Å². The zero-order valence-electron chi connectivity index (χ0n) is 9.55. The molecule has 1 N–H and O–H groups in total. The highest BCUT2D eigenvalue weighted by atomic mass is 19.1. The van der Waals surface area contributed by atoms with Gasteiger partial charge in [-0.3, -0.25) is 0 Å². The third kappa shape index (κ3) is 2.45. The number of hydrogen-bond acceptors (Lipinski definition) is 3. The molecule has 0 aliphatic rings. The van der Waals surface area contributed by atoms with Gasteiger partial charge >= 0.3 is 5.97 Å². The number of pyridine rings is 1. The van der Waals surface area contributed by atoms with Crippen LogP contribution in [0.5, 0.6) is 11.5 Å². The molecule has 2 rings (SSSR count). The average molecular weight is 247 g/mol. The van der Waals surface area contributed by atoms with E-state index in [2.05, 4.69) is 4.98 Å². The molecule has 0 saturated carbocycles. The molecule has 0 spiro atoms. The summed E-state index contributed by atoms with van der Waals surface area (Å²) in [6.07, 6.45) is 1.30. The number of carboxylic acids is 1. The molecule has 0 fully saturated rings. The standard InChI is InChI=1S/C13H10FNO3/c1-8-3-2-4-11(12(8)14)18-9-5-6-15-10(7-9)13(16)17/h2-7H,1H3,(H,16,17). The van der Waals surface area contributed by atoms with Gasteiger partial charge < -0.3 is 9.84 Å². The minimum atomic E-state index is -1.16. The monoisotopic (exact) mass is 247 g/mol. The van der Waals surface area contributed by atoms with Crippen LogP contribution in [-0.2, 0) is 0 Å². The molecule has 92 valence electrons. The largest absolute Gasteiger partial charge is 0.477 e. The summed E-state index contributed by atoms with van der Waals surface area (Å²) in [5.74, 6) is -1.35. The molecule has 0 aliphatic carbocycles. The molecule has 18 heavy (non-hydrogen) atoms. The van der Waals surface area contributed by atoms with Gasteiger partial charge in [-0.25, -0.2) is 14.2 Å². The van der Waals surface area contributed by atoms with E-state index in [1.807, 2.05) is 0 Å². The van der Waals surface area contributed by atoms with Crippen LogP contribution >= 0.6 is 0 Å². The number of carbonyl (C=O) groups is 1. The fourth-order valence-electron chi connectivity index (χ4n) is 1.42. The number of aromatic carboxylic acids is 1. The van der Waals surface area contributed by atoms with Crippen LogP contribution < -0.4 is 4.74 Å². The number of benzene rings is 1. The van der Waals surface area contributed by atoms with Crippen molar-refractivity contribution in [1.29, 1.82) is 0 Å². The highest BCUT2D eigenvalue weighted by molar-refractivity contribution is 5.85. The van der Waals surface area contributed by atoms with Gasteiger partial charge in [-0.15, -0.1) is 0 Å². The van der Waals surface area contributed by atoms with Crippen molar-refractivity contribution in [3.05, 3.63) is 53.6 Å². The second-order valence-corrected chi connectivity index (χ2v) is 3.67. The summed E-state index contributed by atoms with van der Waals surface area (Å²) in [6, 6.07) is 7.46. The van der Waals surface area contributed by atoms with E-state index in [0.29, 0.717) is 5.56 Å². The highest BCUT2D eigenvalue weighted by Crippen LogP contribution is 2.26. The van der Waals surface area contributed by atoms with E-state index < -0.39 is 11.8 Å². The Balaban J connectivity index is 2.31. The lowest BCUT2D eigenvalue weighted by atomic mass is 10.2. The Morgan fingerprint density at radius 1 is 1.39 bits per heavy atom. The van der Waals surface area contributed by atoms with E-state index in [9.17, 15) is 9.18 Å². The Labute approximate surface area is 103 Å². The summed E-state index contributed by atoms with van der Waals surface area (Å²) in [7, 11) is 0. The first-order valence-electron chi connectivity index (χ1n) is 5.20. The fourth-order valence-corrected chi connectivity index (χ4v) is 1.42. The van der Waals surface area contributed by atoms with Gasteiger partial charge in [0.2, 0.25) is 0 Å². The Bertz CT molecular complexity index is 599. The molecule has 1 aromatic carbocycles. The summed E-state index contributed by atoms with van der Waals surface area (Å²) >= 11 is 0. The van der Waals surface area contributed by atoms with Crippen molar-refractivity contribution < 1.29 is 19.0 Å². The summed E-state index contributed by atoms with van der Waals surface area (Å²) in [5, 5.41) is 8.78. The number of aryl methyl sites for hydroxylation is 1. The van der Waals surface area contributed by atoms with Crippen LogP contribution in [0.1, 0.15) is 16.1 Å². The number of aromatic nitrogens is 1. The number of rotatable bonds is 3. The van der Waals surface area contributed by atoms with Gasteiger partial charge in [0, 0.05) is 12.3 Å². The Hall–Kier alpha value is -2.43. The maximum atomic E-state index is 13.7. The lowest BCUT2D eigenvalue weighted by molar-refractivity contribution is 0.0690. The summed E-state index contributed by atoms with van der Waals surface area (Å²) in [4.78, 5) is 14.4. The maximum absolute atomic E-state index is 13.7. The van der Waals surface area contributed by atoms with Gasteiger partial charge in [0.25, 0.3) is 0 Å². The van der Waals surface area contributed by atoms with Gasteiger partial charge in [0.05, 0.1) is 0 Å². The predicted octanol–water partition coefficient (Wildman–Crippen LogP) is 3.02. The van der Waals surface area contributed by atoms with E-state index in [-0.39, 0.29) is 17.2 Å². The Morgan fingerprint density at radius 2 is 2.17 bits per heavy atom. The third-order valence-electron chi connectivity index (χ3n) is 2.33. The maximum Gasteiger partial charge on any atom is 0.354 e. The first kappa shape index (κ1) is 12.0. The third-order valence-corrected chi connectivity index (χ3v) is 2.33. The second kappa shape index (κ2) is 4.83. The predicted molar refractivity (Wildman–Crippen MR) is 62.4 cm³/mol. The normalized spacial score (nSPS) is 10.1. The van der Waals surface area contributed by atoms with Crippen molar-refractivity contribution >= 4 is 5.97 Å². The smallest absolute Gasteiger partial charge is 0.354 e. The number of ether oxygens (including phenoxy) is 1. The summed E-state index contributed by atoms with van der Waals surface area (Å²) in [6.45, 7) is 1.62. The molecule has 0 unspecified atom stereocenters. The second-order valence-electron chi connectivity index (χ2n) is 3.67. The van der Waals surface area contributed by atoms with Crippen LogP contribution in [0.3, 0.4) is 0 Å². The molecule has 0 saturated heterocycles. The molecule has 2 aromatic rings. The van der Waals surface area contributed by atoms with E-state index in [1.54, 1.807) is 19.1 Å². The van der Waals surface area contributed by atoms with Crippen LogP contribution in [0.15, 0.2) is 36.5 Å². The number of halogens is 1. The van der Waals surface area contributed by atoms with Crippen molar-refractivity contribution in [2.75, 3.05) is 0 Å². The molecular formula is C13H10FNO3. The molecule has 0 aliphatic heterocycles. The van der Waals surface area contributed by atoms with Crippen LogP contribution in [0.25, 0.3) is 0 Å². The molecule has 4 nitrogen and oxygen atoms in total. The lowest BCUT2D eigenvalue weighted by Crippen LogP contribution is -2.00. The van der Waals surface area contributed by atoms with E-state index in [0.717, 1.165) is 0 Å². The van der Waals surface area contributed by atoms with Gasteiger partial charge in [-0.05, 0) is 24.6 Å². The fraction of sp³-hybridized carbons (Fsp3) is 0.0769. The summed E-state index contributed by atoms with van der Waals surface area (Å²) < 4.78 is 19.0. The van der Waals surface area contributed by atoms with Crippen molar-refractivity contribution in [3.8, 4) is 11.5 Å². The van der Waals surface area contributed by atoms with Crippen molar-refractivity contribution in [2.24, 2.45) is 0 Å². The van der Waals surface area contributed by atoms with E-state index >= 15 is 0 Å². The summed E-state index contributed by atoms with van der Waals surface area (Å²) in [5.41, 5.74) is 0.306. The number of nitrogens with zero attached hydrogens (tertiary/aromatic N) is 1. The van der Waals surface area contributed by atoms with Crippen LogP contribution in [0, 0.1) is 12.7 Å². The Morgan fingerprint density at radius 3 is 2.89 bits per heavy atom. The molecule has 1 aromatic heterocycles. The van der Waals surface area contributed by atoms with E-state index in [4.69, 9.17) is 9.84 Å². The highest BCUT2D eigenvalue weighted by Gasteiger charge is 2.09. The number of carboxylic acid groups (broad SMARTS) is 1. The molecular weight excluding hydrogens is 237 g/mol. The van der Waals surface area contributed by atoms with Gasteiger partial charge in [-0.1, -0.05) is 12.1 Å². The van der Waals surface area contributed by atoms with Crippen LogP contribution in [0.4, 0.5) is 4.39 Å². The van der Waals surface area contributed by atoms with Gasteiger partial charge in [0.1, 0.15) is 5.75 Å². The zero-order chi connectivity index (χ0) is 13.1. The molecule has 1 heterocycles. The van der Waals surface area contributed by atoms with Crippen LogP contribution in [0.2, 0.25) is 0 Å². The Kier molecular flexibility index (Phi) is 3.23. The molecule has 0 atom stereocenters. The average Bonchev–Trinajstić information content (AvgIpc) is 2.35.